The first-order valence-corrected chi connectivity index (χ1v) is 5.01. The Bertz CT molecular complexity index is 276. The third kappa shape index (κ3) is 3.38. The Morgan fingerprint density at radius 2 is 1.79 bits per heavy atom. The molecule has 2 nitrogen and oxygen atoms in total. The summed E-state index contributed by atoms with van der Waals surface area (Å²) in [4.78, 5) is 0. The van der Waals surface area contributed by atoms with Crippen LogP contribution in [0.1, 0.15) is 18.1 Å². The van der Waals surface area contributed by atoms with Crippen LogP contribution in [0.2, 0.25) is 0 Å². The topological polar surface area (TPSA) is 21.3 Å². The van der Waals surface area contributed by atoms with Crippen molar-refractivity contribution >= 4 is 0 Å². The van der Waals surface area contributed by atoms with Crippen LogP contribution >= 0.6 is 0 Å². The maximum absolute atomic E-state index is 5.75. The lowest BCUT2D eigenvalue weighted by atomic mass is 10.1. The first-order chi connectivity index (χ1) is 6.61. The number of rotatable bonds is 4. The van der Waals surface area contributed by atoms with Crippen molar-refractivity contribution in [3.05, 3.63) is 29.3 Å². The molecule has 0 saturated heterocycles. The number of hydrogen-bond acceptors (Lipinski definition) is 2. The molecular weight excluding hydrogens is 174 g/mol. The van der Waals surface area contributed by atoms with Crippen molar-refractivity contribution in [2.24, 2.45) is 0 Å². The Kier molecular flexibility index (Phi) is 3.96. The summed E-state index contributed by atoms with van der Waals surface area (Å²) in [6.07, 6.45) is 0.209. The molecule has 1 aromatic carbocycles. The zero-order valence-corrected chi connectivity index (χ0v) is 9.42. The number of hydrogen-bond donors (Lipinski definition) is 1. The van der Waals surface area contributed by atoms with E-state index in [1.54, 1.807) is 0 Å². The normalized spacial score (nSPS) is 12.6. The van der Waals surface area contributed by atoms with Crippen molar-refractivity contribution in [3.63, 3.8) is 0 Å². The zero-order chi connectivity index (χ0) is 10.6. The number of nitrogens with one attached hydrogen (secondary N) is 1. The third-order valence-corrected chi connectivity index (χ3v) is 2.02. The van der Waals surface area contributed by atoms with Crippen molar-refractivity contribution in [1.82, 2.24) is 5.32 Å². The highest BCUT2D eigenvalue weighted by Gasteiger charge is 2.03. The molecule has 2 heteroatoms. The molecule has 1 rings (SSSR count). The Hall–Kier alpha value is -1.02. The van der Waals surface area contributed by atoms with Crippen LogP contribution in [-0.2, 0) is 0 Å². The molecule has 0 amide bonds. The van der Waals surface area contributed by atoms with Gasteiger partial charge in [-0.1, -0.05) is 6.07 Å². The Morgan fingerprint density at radius 1 is 1.21 bits per heavy atom. The Morgan fingerprint density at radius 3 is 2.29 bits per heavy atom. The summed E-state index contributed by atoms with van der Waals surface area (Å²) in [6, 6.07) is 6.29. The SMILES string of the molecule is CNC[C@H](C)Oc1cc(C)cc(C)c1. The van der Waals surface area contributed by atoms with Gasteiger partial charge in [-0.2, -0.15) is 0 Å². The van der Waals surface area contributed by atoms with Gasteiger partial charge in [0.15, 0.2) is 0 Å². The van der Waals surface area contributed by atoms with Gasteiger partial charge in [-0.05, 0) is 51.1 Å². The highest BCUT2D eigenvalue weighted by Crippen LogP contribution is 2.17. The predicted molar refractivity (Wildman–Crippen MR) is 59.9 cm³/mol. The molecule has 78 valence electrons. The second kappa shape index (κ2) is 5.01. The molecule has 0 unspecified atom stereocenters. The molecule has 1 atom stereocenters. The Labute approximate surface area is 86.3 Å². The van der Waals surface area contributed by atoms with Gasteiger partial charge in [-0.25, -0.2) is 0 Å². The molecular formula is C12H19NO. The van der Waals surface area contributed by atoms with Crippen molar-refractivity contribution in [3.8, 4) is 5.75 Å². The van der Waals surface area contributed by atoms with Crippen molar-refractivity contribution in [2.75, 3.05) is 13.6 Å². The predicted octanol–water partition coefficient (Wildman–Crippen LogP) is 2.29. The van der Waals surface area contributed by atoms with Crippen LogP contribution in [0, 0.1) is 13.8 Å². The van der Waals surface area contributed by atoms with Crippen molar-refractivity contribution in [2.45, 2.75) is 26.9 Å². The van der Waals surface area contributed by atoms with Gasteiger partial charge in [0, 0.05) is 6.54 Å². The number of benzene rings is 1. The van der Waals surface area contributed by atoms with E-state index in [9.17, 15) is 0 Å². The standard InChI is InChI=1S/C12H19NO/c1-9-5-10(2)7-12(6-9)14-11(3)8-13-4/h5-7,11,13H,8H2,1-4H3/t11-/m0/s1. The van der Waals surface area contributed by atoms with E-state index in [1.807, 2.05) is 7.05 Å². The van der Waals surface area contributed by atoms with Crippen LogP contribution in [0.5, 0.6) is 5.75 Å². The van der Waals surface area contributed by atoms with Gasteiger partial charge in [0.05, 0.1) is 0 Å². The molecule has 0 heterocycles. The fourth-order valence-electron chi connectivity index (χ4n) is 1.56. The minimum Gasteiger partial charge on any atom is -0.489 e. The summed E-state index contributed by atoms with van der Waals surface area (Å²) in [6.45, 7) is 7.10. The number of aryl methyl sites for hydroxylation is 2. The largest absolute Gasteiger partial charge is 0.489 e. The molecule has 0 aromatic heterocycles. The summed E-state index contributed by atoms with van der Waals surface area (Å²) in [5.74, 6) is 0.963. The molecule has 14 heavy (non-hydrogen) atoms. The highest BCUT2D eigenvalue weighted by atomic mass is 16.5. The third-order valence-electron chi connectivity index (χ3n) is 2.02. The van der Waals surface area contributed by atoms with Gasteiger partial charge in [0.1, 0.15) is 11.9 Å². The summed E-state index contributed by atoms with van der Waals surface area (Å²) in [7, 11) is 1.93. The van der Waals surface area contributed by atoms with Crippen LogP contribution in [0.3, 0.4) is 0 Å². The van der Waals surface area contributed by atoms with Gasteiger partial charge in [0.2, 0.25) is 0 Å². The van der Waals surface area contributed by atoms with Crippen molar-refractivity contribution < 1.29 is 4.74 Å². The van der Waals surface area contributed by atoms with E-state index in [0.717, 1.165) is 12.3 Å². The average molecular weight is 193 g/mol. The average Bonchev–Trinajstić information content (AvgIpc) is 2.01. The molecule has 0 fully saturated rings. The van der Waals surface area contributed by atoms with Crippen LogP contribution in [0.25, 0.3) is 0 Å². The van der Waals surface area contributed by atoms with E-state index in [0.29, 0.717) is 0 Å². The second-order valence-electron chi connectivity index (χ2n) is 3.81. The maximum Gasteiger partial charge on any atom is 0.120 e. The molecule has 0 saturated carbocycles. The molecule has 0 radical (unpaired) electrons. The van der Waals surface area contributed by atoms with E-state index >= 15 is 0 Å². The molecule has 0 aliphatic carbocycles. The lowest BCUT2D eigenvalue weighted by molar-refractivity contribution is 0.220. The summed E-state index contributed by atoms with van der Waals surface area (Å²) >= 11 is 0. The first kappa shape index (κ1) is 11.1. The maximum atomic E-state index is 5.75. The highest BCUT2D eigenvalue weighted by molar-refractivity contribution is 5.33. The van der Waals surface area contributed by atoms with Crippen LogP contribution in [0.15, 0.2) is 18.2 Å². The van der Waals surface area contributed by atoms with Crippen molar-refractivity contribution in [1.29, 1.82) is 0 Å². The fourth-order valence-corrected chi connectivity index (χ4v) is 1.56. The molecule has 1 N–H and O–H groups in total. The molecule has 1 aromatic rings. The van der Waals surface area contributed by atoms with Gasteiger partial charge in [0.25, 0.3) is 0 Å². The smallest absolute Gasteiger partial charge is 0.120 e. The molecule has 0 bridgehead atoms. The minimum absolute atomic E-state index is 0.209. The van der Waals surface area contributed by atoms with Crippen LogP contribution in [-0.4, -0.2) is 19.7 Å². The van der Waals surface area contributed by atoms with E-state index < -0.39 is 0 Å². The van der Waals surface area contributed by atoms with E-state index in [-0.39, 0.29) is 6.10 Å². The van der Waals surface area contributed by atoms with Crippen LogP contribution < -0.4 is 10.1 Å². The van der Waals surface area contributed by atoms with Gasteiger partial charge < -0.3 is 10.1 Å². The number of likely N-dealkylation sites (N-methyl/N-ethyl adjacent to an activating group) is 1. The number of ether oxygens (including phenoxy) is 1. The van der Waals surface area contributed by atoms with E-state index in [2.05, 4.69) is 44.3 Å². The quantitative estimate of drug-likeness (QED) is 0.792. The Balaban J connectivity index is 2.66. The summed E-state index contributed by atoms with van der Waals surface area (Å²) in [5, 5.41) is 3.09. The van der Waals surface area contributed by atoms with Gasteiger partial charge in [-0.15, -0.1) is 0 Å². The lowest BCUT2D eigenvalue weighted by Crippen LogP contribution is -2.26. The molecule has 0 aliphatic rings. The molecule has 0 spiro atoms. The summed E-state index contributed by atoms with van der Waals surface area (Å²) in [5.41, 5.74) is 2.49. The summed E-state index contributed by atoms with van der Waals surface area (Å²) < 4.78 is 5.75. The van der Waals surface area contributed by atoms with E-state index in [4.69, 9.17) is 4.74 Å². The van der Waals surface area contributed by atoms with Gasteiger partial charge in [-0.3, -0.25) is 0 Å². The first-order valence-electron chi connectivity index (χ1n) is 5.01. The van der Waals surface area contributed by atoms with E-state index in [1.165, 1.54) is 11.1 Å². The zero-order valence-electron chi connectivity index (χ0n) is 9.42. The molecule has 0 aliphatic heterocycles. The minimum atomic E-state index is 0.209. The lowest BCUT2D eigenvalue weighted by Gasteiger charge is -2.15. The second-order valence-corrected chi connectivity index (χ2v) is 3.81. The van der Waals surface area contributed by atoms with Gasteiger partial charge >= 0.3 is 0 Å². The fraction of sp³-hybridized carbons (Fsp3) is 0.500. The monoisotopic (exact) mass is 193 g/mol. The van der Waals surface area contributed by atoms with Crippen LogP contribution in [0.4, 0.5) is 0 Å².